The van der Waals surface area contributed by atoms with Gasteiger partial charge in [-0.25, -0.2) is 9.18 Å². The lowest BCUT2D eigenvalue weighted by atomic mass is 9.89. The van der Waals surface area contributed by atoms with E-state index in [1.807, 2.05) is 0 Å². The Balaban J connectivity index is 1.72. The number of hydrogen-bond donors (Lipinski definition) is 1. The first-order valence-electron chi connectivity index (χ1n) is 8.88. The molecule has 0 spiro atoms. The number of aromatic nitrogens is 3. The van der Waals surface area contributed by atoms with E-state index in [1.54, 1.807) is 20.8 Å². The van der Waals surface area contributed by atoms with E-state index < -0.39 is 17.4 Å². The molecule has 1 N–H and O–H groups in total. The number of aliphatic hydroxyl groups excluding tert-OH is 1. The number of pyridine rings is 1. The summed E-state index contributed by atoms with van der Waals surface area (Å²) in [6, 6.07) is 1.50. The monoisotopic (exact) mass is 412 g/mol. The Hall–Kier alpha value is -2.26. The molecule has 28 heavy (non-hydrogen) atoms. The van der Waals surface area contributed by atoms with Gasteiger partial charge < -0.3 is 19.3 Å². The molecule has 3 heterocycles. The zero-order valence-corrected chi connectivity index (χ0v) is 16.7. The van der Waals surface area contributed by atoms with Gasteiger partial charge in [0.05, 0.1) is 16.3 Å². The molecule has 10 heteroatoms. The van der Waals surface area contributed by atoms with E-state index in [2.05, 4.69) is 15.1 Å². The molecule has 2 aromatic heterocycles. The minimum atomic E-state index is -1.75. The van der Waals surface area contributed by atoms with Crippen LogP contribution in [0, 0.1) is 0 Å². The van der Waals surface area contributed by atoms with E-state index in [1.165, 1.54) is 17.2 Å². The molecule has 1 fully saturated rings. The molecule has 0 aliphatic carbocycles. The van der Waals surface area contributed by atoms with Crippen LogP contribution in [0.2, 0.25) is 5.02 Å². The SMILES string of the molecule is CC(C)(C)OC(=O)N1CCC(F)(c2ncc(-c3nc(CO)no3)cc2Cl)CC1. The van der Waals surface area contributed by atoms with Crippen LogP contribution in [0.25, 0.3) is 11.5 Å². The second-order valence-corrected chi connectivity index (χ2v) is 8.07. The number of aliphatic hydroxyl groups is 1. The summed E-state index contributed by atoms with van der Waals surface area (Å²) >= 11 is 6.28. The Kier molecular flexibility index (Phi) is 5.58. The molecule has 0 radical (unpaired) electrons. The summed E-state index contributed by atoms with van der Waals surface area (Å²) in [5.74, 6) is 0.268. The lowest BCUT2D eigenvalue weighted by Gasteiger charge is -2.37. The topological polar surface area (TPSA) is 102 Å². The van der Waals surface area contributed by atoms with Crippen LogP contribution in [0.5, 0.6) is 0 Å². The zero-order valence-electron chi connectivity index (χ0n) is 15.9. The number of rotatable bonds is 3. The van der Waals surface area contributed by atoms with E-state index >= 15 is 4.39 Å². The third-order valence-corrected chi connectivity index (χ3v) is 4.62. The van der Waals surface area contributed by atoms with Crippen LogP contribution in [0.4, 0.5) is 9.18 Å². The number of hydrogen-bond acceptors (Lipinski definition) is 7. The summed E-state index contributed by atoms with van der Waals surface area (Å²) in [7, 11) is 0. The molecule has 3 rings (SSSR count). The fraction of sp³-hybridized carbons (Fsp3) is 0.556. The largest absolute Gasteiger partial charge is 0.444 e. The van der Waals surface area contributed by atoms with Gasteiger partial charge in [-0.3, -0.25) is 4.98 Å². The van der Waals surface area contributed by atoms with Gasteiger partial charge in [-0.1, -0.05) is 16.8 Å². The highest BCUT2D eigenvalue weighted by Crippen LogP contribution is 2.40. The standard InChI is InChI=1S/C18H22ClFN4O4/c1-17(2,3)27-16(26)24-6-4-18(20,5-7-24)14-12(19)8-11(9-21-14)15-22-13(10-25)23-28-15/h8-9,25H,4-7,10H2,1-3H3. The number of piperidine rings is 1. The normalized spacial score (nSPS) is 16.9. The third kappa shape index (κ3) is 4.41. The lowest BCUT2D eigenvalue weighted by Crippen LogP contribution is -2.45. The van der Waals surface area contributed by atoms with Crippen molar-refractivity contribution in [2.45, 2.75) is 51.5 Å². The highest BCUT2D eigenvalue weighted by atomic mass is 35.5. The quantitative estimate of drug-likeness (QED) is 0.823. The van der Waals surface area contributed by atoms with Gasteiger partial charge in [0.25, 0.3) is 5.89 Å². The average Bonchev–Trinajstić information content (AvgIpc) is 3.09. The summed E-state index contributed by atoms with van der Waals surface area (Å²) in [5.41, 5.74) is -1.81. The second kappa shape index (κ2) is 7.63. The number of ether oxygens (including phenoxy) is 1. The Morgan fingerprint density at radius 2 is 2.11 bits per heavy atom. The predicted octanol–water partition coefficient (Wildman–Crippen LogP) is 3.47. The van der Waals surface area contributed by atoms with E-state index in [9.17, 15) is 4.79 Å². The van der Waals surface area contributed by atoms with Crippen molar-refractivity contribution in [1.82, 2.24) is 20.0 Å². The van der Waals surface area contributed by atoms with E-state index in [-0.39, 0.29) is 55.0 Å². The molecule has 0 bridgehead atoms. The van der Waals surface area contributed by atoms with Gasteiger partial charge in [0.15, 0.2) is 11.5 Å². The van der Waals surface area contributed by atoms with Crippen LogP contribution in [0.3, 0.4) is 0 Å². The van der Waals surface area contributed by atoms with Gasteiger partial charge in [0.2, 0.25) is 0 Å². The van der Waals surface area contributed by atoms with Gasteiger partial charge in [0, 0.05) is 32.1 Å². The zero-order chi connectivity index (χ0) is 20.5. The summed E-state index contributed by atoms with van der Waals surface area (Å²) in [5, 5.41) is 12.7. The lowest BCUT2D eigenvalue weighted by molar-refractivity contribution is 0.00129. The first-order chi connectivity index (χ1) is 13.1. The Labute approximate surface area is 166 Å². The van der Waals surface area contributed by atoms with Crippen LogP contribution < -0.4 is 0 Å². The number of amides is 1. The number of alkyl halides is 1. The van der Waals surface area contributed by atoms with Crippen molar-refractivity contribution in [3.63, 3.8) is 0 Å². The molecular weight excluding hydrogens is 391 g/mol. The van der Waals surface area contributed by atoms with Gasteiger partial charge in [-0.05, 0) is 26.8 Å². The predicted molar refractivity (Wildman–Crippen MR) is 98.3 cm³/mol. The van der Waals surface area contributed by atoms with E-state index in [0.29, 0.717) is 5.56 Å². The average molecular weight is 413 g/mol. The number of likely N-dealkylation sites (tertiary alicyclic amines) is 1. The van der Waals surface area contributed by atoms with E-state index in [4.69, 9.17) is 26.0 Å². The van der Waals surface area contributed by atoms with Crippen LogP contribution >= 0.6 is 11.6 Å². The molecule has 1 amide bonds. The van der Waals surface area contributed by atoms with Gasteiger partial charge in [-0.2, -0.15) is 4.98 Å². The maximum absolute atomic E-state index is 15.5. The molecule has 152 valence electrons. The number of carbonyl (C=O) groups excluding carboxylic acids is 1. The molecule has 0 atom stereocenters. The third-order valence-electron chi connectivity index (χ3n) is 4.33. The van der Waals surface area contributed by atoms with Crippen molar-refractivity contribution in [3.8, 4) is 11.5 Å². The molecule has 1 aliphatic heterocycles. The highest BCUT2D eigenvalue weighted by molar-refractivity contribution is 6.31. The maximum Gasteiger partial charge on any atom is 0.410 e. The summed E-state index contributed by atoms with van der Waals surface area (Å²) in [6.07, 6.45) is 1.07. The summed E-state index contributed by atoms with van der Waals surface area (Å²) in [6.45, 7) is 5.40. The van der Waals surface area contributed by atoms with Crippen molar-refractivity contribution in [3.05, 3.63) is 28.8 Å². The Morgan fingerprint density at radius 1 is 1.43 bits per heavy atom. The van der Waals surface area contributed by atoms with Gasteiger partial charge >= 0.3 is 6.09 Å². The molecule has 1 saturated heterocycles. The van der Waals surface area contributed by atoms with Gasteiger partial charge in [0.1, 0.15) is 12.2 Å². The molecule has 8 nitrogen and oxygen atoms in total. The van der Waals surface area contributed by atoms with Crippen molar-refractivity contribution >= 4 is 17.7 Å². The smallest absolute Gasteiger partial charge is 0.410 e. The first-order valence-corrected chi connectivity index (χ1v) is 9.26. The van der Waals surface area contributed by atoms with Crippen LogP contribution in [-0.2, 0) is 17.0 Å². The molecule has 0 unspecified atom stereocenters. The highest BCUT2D eigenvalue weighted by Gasteiger charge is 2.41. The van der Waals surface area contributed by atoms with Crippen LogP contribution in [0.15, 0.2) is 16.8 Å². The van der Waals surface area contributed by atoms with Gasteiger partial charge in [-0.15, -0.1) is 0 Å². The van der Waals surface area contributed by atoms with Crippen molar-refractivity contribution < 1.29 is 23.6 Å². The number of carbonyl (C=O) groups is 1. The van der Waals surface area contributed by atoms with Crippen molar-refractivity contribution in [2.75, 3.05) is 13.1 Å². The van der Waals surface area contributed by atoms with Crippen LogP contribution in [0.1, 0.15) is 45.1 Å². The fourth-order valence-electron chi connectivity index (χ4n) is 2.93. The minimum Gasteiger partial charge on any atom is -0.444 e. The first kappa shape index (κ1) is 20.5. The van der Waals surface area contributed by atoms with Crippen LogP contribution in [-0.4, -0.2) is 49.9 Å². The number of nitrogens with zero attached hydrogens (tertiary/aromatic N) is 4. The second-order valence-electron chi connectivity index (χ2n) is 7.66. The fourth-order valence-corrected chi connectivity index (χ4v) is 3.26. The van der Waals surface area contributed by atoms with Crippen molar-refractivity contribution in [1.29, 1.82) is 0 Å². The summed E-state index contributed by atoms with van der Waals surface area (Å²) in [4.78, 5) is 21.8. The molecule has 0 saturated carbocycles. The molecule has 1 aliphatic rings. The van der Waals surface area contributed by atoms with E-state index in [0.717, 1.165) is 0 Å². The maximum atomic E-state index is 15.5. The van der Waals surface area contributed by atoms with Crippen molar-refractivity contribution in [2.24, 2.45) is 0 Å². The molecule has 0 aromatic carbocycles. The molecular formula is C18H22ClFN4O4. The number of halogens is 2. The Morgan fingerprint density at radius 3 is 2.64 bits per heavy atom. The minimum absolute atomic E-state index is 0.0630. The molecule has 2 aromatic rings. The Bertz CT molecular complexity index is 860. The summed E-state index contributed by atoms with van der Waals surface area (Å²) < 4.78 is 25.9.